The number of aliphatic hydroxyl groups excluding tert-OH is 1. The number of aliphatic hydroxyl groups is 1. The van der Waals surface area contributed by atoms with Crippen LogP contribution in [0.5, 0.6) is 0 Å². The second-order valence-corrected chi connectivity index (χ2v) is 6.91. The molecule has 0 heterocycles. The number of carbonyl (C=O) groups excluding carboxylic acids is 2. The van der Waals surface area contributed by atoms with Crippen molar-refractivity contribution in [3.8, 4) is 0 Å². The van der Waals surface area contributed by atoms with Crippen LogP contribution in [-0.4, -0.2) is 29.9 Å². The summed E-state index contributed by atoms with van der Waals surface area (Å²) >= 11 is 0. The Balaban J connectivity index is 2.22. The summed E-state index contributed by atoms with van der Waals surface area (Å²) in [5.74, 6) is 0.628. The predicted octanol–water partition coefficient (Wildman–Crippen LogP) is 4.11. The molecule has 0 aromatic carbocycles. The number of nitrogens with one attached hydrogen (secondary N) is 1. The van der Waals surface area contributed by atoms with E-state index in [4.69, 9.17) is 5.11 Å². The Morgan fingerprint density at radius 1 is 1.12 bits per heavy atom. The number of unbranched alkanes of at least 4 members (excludes halogenated alkanes) is 4. The second kappa shape index (κ2) is 14.5. The molecule has 1 amide bonds. The van der Waals surface area contributed by atoms with Gasteiger partial charge in [0, 0.05) is 18.9 Å². The van der Waals surface area contributed by atoms with Gasteiger partial charge < -0.3 is 10.4 Å². The van der Waals surface area contributed by atoms with Crippen molar-refractivity contribution in [1.82, 2.24) is 5.32 Å². The summed E-state index contributed by atoms with van der Waals surface area (Å²) in [5.41, 5.74) is 0. The lowest BCUT2D eigenvalue weighted by atomic mass is 9.88. The van der Waals surface area contributed by atoms with Crippen LogP contribution in [0.1, 0.15) is 64.7 Å². The summed E-state index contributed by atoms with van der Waals surface area (Å²) < 4.78 is 0. The molecule has 2 atom stereocenters. The monoisotopic (exact) mass is 361 g/mol. The number of amides is 1. The number of allylic oxidation sites excluding steroid dienone is 6. The molecule has 0 aromatic rings. The number of rotatable bonds is 14. The first-order valence-electron chi connectivity index (χ1n) is 10.1. The summed E-state index contributed by atoms with van der Waals surface area (Å²) in [5, 5.41) is 11.3. The molecular formula is C22H35NO3. The topological polar surface area (TPSA) is 66.4 Å². The predicted molar refractivity (Wildman–Crippen MR) is 107 cm³/mol. The Labute approximate surface area is 158 Å². The van der Waals surface area contributed by atoms with Crippen LogP contribution < -0.4 is 5.32 Å². The second-order valence-electron chi connectivity index (χ2n) is 6.91. The first-order valence-corrected chi connectivity index (χ1v) is 10.1. The molecule has 146 valence electrons. The lowest BCUT2D eigenvalue weighted by Crippen LogP contribution is -2.25. The molecule has 4 nitrogen and oxygen atoms in total. The molecule has 0 saturated carbocycles. The fraction of sp³-hybridized carbons (Fsp3) is 0.636. The molecule has 4 heteroatoms. The van der Waals surface area contributed by atoms with Gasteiger partial charge in [-0.15, -0.1) is 0 Å². The van der Waals surface area contributed by atoms with Gasteiger partial charge in [-0.3, -0.25) is 9.59 Å². The minimum Gasteiger partial charge on any atom is -0.395 e. The SMILES string of the molecule is CCCCC/C=C/CC1C(=O)C=CC1C/C=C/CCCC(=O)NCCO. The van der Waals surface area contributed by atoms with E-state index in [1.54, 1.807) is 6.08 Å². The summed E-state index contributed by atoms with van der Waals surface area (Å²) in [6.45, 7) is 2.51. The van der Waals surface area contributed by atoms with E-state index in [1.165, 1.54) is 19.3 Å². The number of carbonyl (C=O) groups is 2. The third-order valence-electron chi connectivity index (χ3n) is 4.70. The molecule has 1 rings (SSSR count). The van der Waals surface area contributed by atoms with Crippen molar-refractivity contribution in [3.05, 3.63) is 36.5 Å². The average Bonchev–Trinajstić information content (AvgIpc) is 2.99. The molecule has 1 aliphatic carbocycles. The van der Waals surface area contributed by atoms with Gasteiger partial charge in [-0.1, -0.05) is 50.1 Å². The number of hydrogen-bond donors (Lipinski definition) is 2. The molecule has 0 radical (unpaired) electrons. The Bertz CT molecular complexity index is 494. The van der Waals surface area contributed by atoms with Crippen LogP contribution in [0.25, 0.3) is 0 Å². The molecule has 2 unspecified atom stereocenters. The summed E-state index contributed by atoms with van der Waals surface area (Å²) in [6, 6.07) is 0. The van der Waals surface area contributed by atoms with E-state index in [2.05, 4.69) is 36.5 Å². The Kier molecular flexibility index (Phi) is 12.5. The largest absolute Gasteiger partial charge is 0.395 e. The highest BCUT2D eigenvalue weighted by atomic mass is 16.3. The molecule has 1 aliphatic rings. The molecule has 0 bridgehead atoms. The van der Waals surface area contributed by atoms with Crippen molar-refractivity contribution >= 4 is 11.7 Å². The quantitative estimate of drug-likeness (QED) is 0.361. The van der Waals surface area contributed by atoms with Gasteiger partial charge in [0.2, 0.25) is 5.91 Å². The first kappa shape index (κ1) is 22.4. The molecule has 26 heavy (non-hydrogen) atoms. The zero-order chi connectivity index (χ0) is 19.0. The summed E-state index contributed by atoms with van der Waals surface area (Å²) in [6.07, 6.45) is 21.1. The third-order valence-corrected chi connectivity index (χ3v) is 4.70. The molecule has 0 spiro atoms. The van der Waals surface area contributed by atoms with Gasteiger partial charge >= 0.3 is 0 Å². The van der Waals surface area contributed by atoms with Gasteiger partial charge in [0.1, 0.15) is 0 Å². The van der Waals surface area contributed by atoms with Gasteiger partial charge in [-0.25, -0.2) is 0 Å². The highest BCUT2D eigenvalue weighted by molar-refractivity contribution is 5.94. The van der Waals surface area contributed by atoms with Crippen molar-refractivity contribution in [2.75, 3.05) is 13.2 Å². The van der Waals surface area contributed by atoms with E-state index in [0.717, 1.165) is 32.1 Å². The maximum absolute atomic E-state index is 12.0. The van der Waals surface area contributed by atoms with E-state index < -0.39 is 0 Å². The molecule has 0 fully saturated rings. The first-order chi connectivity index (χ1) is 12.7. The maximum Gasteiger partial charge on any atom is 0.220 e. The van der Waals surface area contributed by atoms with Crippen LogP contribution in [-0.2, 0) is 9.59 Å². The van der Waals surface area contributed by atoms with E-state index in [0.29, 0.717) is 18.9 Å². The van der Waals surface area contributed by atoms with Crippen LogP contribution in [0, 0.1) is 11.8 Å². The highest BCUT2D eigenvalue weighted by Gasteiger charge is 2.27. The van der Waals surface area contributed by atoms with E-state index in [9.17, 15) is 9.59 Å². The molecule has 0 saturated heterocycles. The minimum atomic E-state index is -0.0195. The van der Waals surface area contributed by atoms with Crippen molar-refractivity contribution in [2.45, 2.75) is 64.7 Å². The fourth-order valence-electron chi connectivity index (χ4n) is 3.13. The van der Waals surface area contributed by atoms with Crippen molar-refractivity contribution in [2.24, 2.45) is 11.8 Å². The maximum atomic E-state index is 12.0. The molecule has 0 aliphatic heterocycles. The Morgan fingerprint density at radius 2 is 1.85 bits per heavy atom. The van der Waals surface area contributed by atoms with Crippen molar-refractivity contribution in [1.29, 1.82) is 0 Å². The molecular weight excluding hydrogens is 326 g/mol. The zero-order valence-corrected chi connectivity index (χ0v) is 16.2. The minimum absolute atomic E-state index is 0.0115. The fourth-order valence-corrected chi connectivity index (χ4v) is 3.13. The molecule has 0 aromatic heterocycles. The summed E-state index contributed by atoms with van der Waals surface area (Å²) in [7, 11) is 0. The smallest absolute Gasteiger partial charge is 0.220 e. The van der Waals surface area contributed by atoms with Gasteiger partial charge in [-0.05, 0) is 50.5 Å². The standard InChI is InChI=1S/C22H35NO3/c1-2-3-4-5-6-10-13-20-19(15-16-21(20)25)12-9-7-8-11-14-22(26)23-17-18-24/h6-7,9-10,15-16,19-20,24H,2-5,8,11-14,17-18H2,1H3,(H,23,26)/b9-7+,10-6+. The lowest BCUT2D eigenvalue weighted by molar-refractivity contribution is -0.121. The van der Waals surface area contributed by atoms with Crippen LogP contribution in [0.2, 0.25) is 0 Å². The van der Waals surface area contributed by atoms with Gasteiger partial charge in [0.05, 0.1) is 6.61 Å². The normalized spacial score (nSPS) is 19.8. The van der Waals surface area contributed by atoms with Gasteiger partial charge in [0.15, 0.2) is 5.78 Å². The third kappa shape index (κ3) is 9.71. The Hall–Kier alpha value is -1.68. The van der Waals surface area contributed by atoms with Crippen LogP contribution in [0.4, 0.5) is 0 Å². The van der Waals surface area contributed by atoms with Crippen LogP contribution in [0.3, 0.4) is 0 Å². The van der Waals surface area contributed by atoms with Crippen molar-refractivity contribution in [3.63, 3.8) is 0 Å². The number of ketones is 1. The average molecular weight is 362 g/mol. The highest BCUT2D eigenvalue weighted by Crippen LogP contribution is 2.29. The zero-order valence-electron chi connectivity index (χ0n) is 16.2. The van der Waals surface area contributed by atoms with Crippen LogP contribution >= 0.6 is 0 Å². The van der Waals surface area contributed by atoms with Crippen molar-refractivity contribution < 1.29 is 14.7 Å². The molecule has 2 N–H and O–H groups in total. The van der Waals surface area contributed by atoms with Gasteiger partial charge in [0.25, 0.3) is 0 Å². The van der Waals surface area contributed by atoms with E-state index in [1.807, 2.05) is 6.08 Å². The Morgan fingerprint density at radius 3 is 2.58 bits per heavy atom. The number of hydrogen-bond acceptors (Lipinski definition) is 3. The lowest BCUT2D eigenvalue weighted by Gasteiger charge is -2.14. The van der Waals surface area contributed by atoms with E-state index >= 15 is 0 Å². The van der Waals surface area contributed by atoms with E-state index in [-0.39, 0.29) is 24.2 Å². The summed E-state index contributed by atoms with van der Waals surface area (Å²) in [4.78, 5) is 23.4. The van der Waals surface area contributed by atoms with Gasteiger partial charge in [-0.2, -0.15) is 0 Å². The van der Waals surface area contributed by atoms with Crippen LogP contribution in [0.15, 0.2) is 36.5 Å².